The molecule has 3 heteroatoms. The molecule has 0 aliphatic carbocycles. The number of hydrazine groups is 1. The molecule has 0 fully saturated rings. The predicted octanol–water partition coefficient (Wildman–Crippen LogP) is 1.42. The molecule has 2 rings (SSSR count). The summed E-state index contributed by atoms with van der Waals surface area (Å²) in [5.74, 6) is 0. The molecular weight excluding hydrogens is 174 g/mol. The summed E-state index contributed by atoms with van der Waals surface area (Å²) in [6.07, 6.45) is 4.02. The summed E-state index contributed by atoms with van der Waals surface area (Å²) >= 11 is 0. The topological polar surface area (TPSA) is 27.3 Å². The Morgan fingerprint density at radius 3 is 2.36 bits per heavy atom. The minimum atomic E-state index is 0.297. The molecule has 3 nitrogen and oxygen atoms in total. The molecule has 1 aliphatic rings. The van der Waals surface area contributed by atoms with Crippen molar-refractivity contribution >= 4 is 5.69 Å². The molecule has 0 radical (unpaired) electrons. The minimum Gasteiger partial charge on any atom is -0.378 e. The van der Waals surface area contributed by atoms with Gasteiger partial charge in [0.25, 0.3) is 0 Å². The van der Waals surface area contributed by atoms with Crippen LogP contribution < -0.4 is 15.8 Å². The standard InChI is InChI=1S/C11H15N3/c1-14(2)10-5-3-9(4-6-10)11-7-8-12-13-11/h3-8,11-13H,1-2H3. The van der Waals surface area contributed by atoms with Gasteiger partial charge in [-0.3, -0.25) is 0 Å². The first-order valence-corrected chi connectivity index (χ1v) is 4.72. The van der Waals surface area contributed by atoms with E-state index in [1.807, 2.05) is 20.3 Å². The normalized spacial score (nSPS) is 19.4. The summed E-state index contributed by atoms with van der Waals surface area (Å²) in [5, 5.41) is 0. The third-order valence-electron chi connectivity index (χ3n) is 2.38. The zero-order chi connectivity index (χ0) is 9.97. The number of nitrogens with zero attached hydrogens (tertiary/aromatic N) is 1. The Balaban J connectivity index is 2.17. The summed E-state index contributed by atoms with van der Waals surface area (Å²) in [6, 6.07) is 8.84. The van der Waals surface area contributed by atoms with E-state index in [9.17, 15) is 0 Å². The summed E-state index contributed by atoms with van der Waals surface area (Å²) in [7, 11) is 4.09. The molecule has 0 aromatic heterocycles. The van der Waals surface area contributed by atoms with E-state index in [0.717, 1.165) is 0 Å². The number of anilines is 1. The highest BCUT2D eigenvalue weighted by molar-refractivity contribution is 5.47. The first-order chi connectivity index (χ1) is 6.77. The van der Waals surface area contributed by atoms with Gasteiger partial charge in [0, 0.05) is 26.0 Å². The van der Waals surface area contributed by atoms with Crippen molar-refractivity contribution in [2.75, 3.05) is 19.0 Å². The van der Waals surface area contributed by atoms with Gasteiger partial charge in [0.1, 0.15) is 0 Å². The van der Waals surface area contributed by atoms with E-state index in [1.165, 1.54) is 11.3 Å². The molecule has 1 unspecified atom stereocenters. The van der Waals surface area contributed by atoms with Gasteiger partial charge >= 0.3 is 0 Å². The lowest BCUT2D eigenvalue weighted by Gasteiger charge is -2.14. The van der Waals surface area contributed by atoms with Crippen LogP contribution in [0.2, 0.25) is 0 Å². The zero-order valence-corrected chi connectivity index (χ0v) is 8.49. The van der Waals surface area contributed by atoms with Crippen LogP contribution in [0.5, 0.6) is 0 Å². The van der Waals surface area contributed by atoms with Crippen molar-refractivity contribution in [2.24, 2.45) is 0 Å². The van der Waals surface area contributed by atoms with Crippen molar-refractivity contribution in [3.05, 3.63) is 42.1 Å². The SMILES string of the molecule is CN(C)c1ccc(C2C=CNN2)cc1. The van der Waals surface area contributed by atoms with Crippen LogP contribution in [-0.2, 0) is 0 Å². The fourth-order valence-corrected chi connectivity index (χ4v) is 1.50. The van der Waals surface area contributed by atoms with Gasteiger partial charge in [0.2, 0.25) is 0 Å². The first-order valence-electron chi connectivity index (χ1n) is 4.72. The van der Waals surface area contributed by atoms with Crippen LogP contribution in [0.25, 0.3) is 0 Å². The minimum absolute atomic E-state index is 0.297. The van der Waals surface area contributed by atoms with E-state index >= 15 is 0 Å². The van der Waals surface area contributed by atoms with Crippen molar-refractivity contribution in [3.63, 3.8) is 0 Å². The summed E-state index contributed by atoms with van der Waals surface area (Å²) in [6.45, 7) is 0. The molecule has 0 amide bonds. The average Bonchev–Trinajstić information content (AvgIpc) is 2.71. The van der Waals surface area contributed by atoms with E-state index in [4.69, 9.17) is 0 Å². The predicted molar refractivity (Wildman–Crippen MR) is 58.9 cm³/mol. The molecule has 1 aromatic carbocycles. The molecule has 1 atom stereocenters. The van der Waals surface area contributed by atoms with Crippen LogP contribution in [0, 0.1) is 0 Å². The van der Waals surface area contributed by atoms with Crippen LogP contribution in [0.3, 0.4) is 0 Å². The first kappa shape index (κ1) is 9.09. The highest BCUT2D eigenvalue weighted by Gasteiger charge is 2.09. The molecule has 0 bridgehead atoms. The number of rotatable bonds is 2. The number of nitrogens with one attached hydrogen (secondary N) is 2. The van der Waals surface area contributed by atoms with Gasteiger partial charge in [-0.15, -0.1) is 0 Å². The second kappa shape index (κ2) is 3.72. The molecule has 0 saturated carbocycles. The van der Waals surface area contributed by atoms with Gasteiger partial charge in [0.05, 0.1) is 6.04 Å². The quantitative estimate of drug-likeness (QED) is 0.736. The zero-order valence-electron chi connectivity index (χ0n) is 8.49. The van der Waals surface area contributed by atoms with Crippen LogP contribution >= 0.6 is 0 Å². The molecule has 1 aliphatic heterocycles. The van der Waals surface area contributed by atoms with Crippen molar-refractivity contribution in [3.8, 4) is 0 Å². The Hall–Kier alpha value is -1.48. The maximum Gasteiger partial charge on any atom is 0.0707 e. The summed E-state index contributed by atoms with van der Waals surface area (Å²) in [4.78, 5) is 2.10. The lowest BCUT2D eigenvalue weighted by molar-refractivity contribution is 0.610. The largest absolute Gasteiger partial charge is 0.378 e. The van der Waals surface area contributed by atoms with E-state index in [2.05, 4.69) is 46.1 Å². The highest BCUT2D eigenvalue weighted by atomic mass is 15.4. The van der Waals surface area contributed by atoms with Crippen LogP contribution in [0.15, 0.2) is 36.5 Å². The van der Waals surface area contributed by atoms with Gasteiger partial charge in [-0.2, -0.15) is 0 Å². The number of benzene rings is 1. The average molecular weight is 189 g/mol. The van der Waals surface area contributed by atoms with Gasteiger partial charge in [-0.25, -0.2) is 5.43 Å². The van der Waals surface area contributed by atoms with Gasteiger partial charge in [-0.1, -0.05) is 12.1 Å². The molecule has 2 N–H and O–H groups in total. The molecule has 14 heavy (non-hydrogen) atoms. The van der Waals surface area contributed by atoms with Gasteiger partial charge in [-0.05, 0) is 23.8 Å². The summed E-state index contributed by atoms with van der Waals surface area (Å²) < 4.78 is 0. The molecule has 1 heterocycles. The maximum atomic E-state index is 3.15. The Morgan fingerprint density at radius 1 is 1.14 bits per heavy atom. The lowest BCUT2D eigenvalue weighted by atomic mass is 10.1. The molecule has 1 aromatic rings. The fraction of sp³-hybridized carbons (Fsp3) is 0.273. The fourth-order valence-electron chi connectivity index (χ4n) is 1.50. The summed E-state index contributed by atoms with van der Waals surface area (Å²) in [5.41, 5.74) is 8.61. The molecule has 74 valence electrons. The van der Waals surface area contributed by atoms with Crippen molar-refractivity contribution in [1.29, 1.82) is 0 Å². The highest BCUT2D eigenvalue weighted by Crippen LogP contribution is 2.19. The maximum absolute atomic E-state index is 3.15. The monoisotopic (exact) mass is 189 g/mol. The van der Waals surface area contributed by atoms with Crippen LogP contribution in [-0.4, -0.2) is 14.1 Å². The van der Waals surface area contributed by atoms with E-state index in [-0.39, 0.29) is 0 Å². The molecule has 0 spiro atoms. The number of hydrogen-bond donors (Lipinski definition) is 2. The van der Waals surface area contributed by atoms with E-state index in [1.54, 1.807) is 0 Å². The van der Waals surface area contributed by atoms with Crippen molar-refractivity contribution in [2.45, 2.75) is 6.04 Å². The Kier molecular flexibility index (Phi) is 2.41. The Labute approximate surface area is 84.4 Å². The van der Waals surface area contributed by atoms with E-state index in [0.29, 0.717) is 6.04 Å². The smallest absolute Gasteiger partial charge is 0.0707 e. The van der Waals surface area contributed by atoms with Crippen molar-refractivity contribution in [1.82, 2.24) is 10.9 Å². The molecular formula is C11H15N3. The van der Waals surface area contributed by atoms with Crippen molar-refractivity contribution < 1.29 is 0 Å². The lowest BCUT2D eigenvalue weighted by Crippen LogP contribution is -2.24. The molecule has 0 saturated heterocycles. The van der Waals surface area contributed by atoms with Crippen LogP contribution in [0.1, 0.15) is 11.6 Å². The third kappa shape index (κ3) is 1.72. The Bertz CT molecular complexity index is 327. The number of hydrogen-bond acceptors (Lipinski definition) is 3. The second-order valence-corrected chi connectivity index (χ2v) is 3.61. The van der Waals surface area contributed by atoms with Gasteiger partial charge < -0.3 is 10.3 Å². The van der Waals surface area contributed by atoms with E-state index < -0.39 is 0 Å². The second-order valence-electron chi connectivity index (χ2n) is 3.61. The van der Waals surface area contributed by atoms with Gasteiger partial charge in [0.15, 0.2) is 0 Å². The van der Waals surface area contributed by atoms with Crippen LogP contribution in [0.4, 0.5) is 5.69 Å². The third-order valence-corrected chi connectivity index (χ3v) is 2.38. The Morgan fingerprint density at radius 2 is 1.86 bits per heavy atom.